The number of likely N-dealkylation sites (tertiary alicyclic amines) is 1. The third-order valence-electron chi connectivity index (χ3n) is 4.58. The van der Waals surface area contributed by atoms with Crippen molar-refractivity contribution >= 4 is 11.7 Å². The zero-order chi connectivity index (χ0) is 16.4. The van der Waals surface area contributed by atoms with Crippen LogP contribution in [0.25, 0.3) is 0 Å². The highest BCUT2D eigenvalue weighted by Crippen LogP contribution is 2.24. The van der Waals surface area contributed by atoms with E-state index in [1.807, 2.05) is 0 Å². The topological polar surface area (TPSA) is 70.2 Å². The molecule has 1 saturated heterocycles. The summed E-state index contributed by atoms with van der Waals surface area (Å²) in [6.07, 6.45) is 3.82. The standard InChI is InChI=1S/C17H27N5O/c1-11(2)10-14-20-15-13(4-7-18-17(15)23)16(21-14)19-12-5-8-22(3)9-6-12/h11-12H,4-10H2,1-3H3,(H,18,23)(H,19,20,21). The fraction of sp³-hybridized carbons (Fsp3) is 0.706. The second-order valence-corrected chi connectivity index (χ2v) is 7.14. The number of piperidine rings is 1. The van der Waals surface area contributed by atoms with Gasteiger partial charge in [-0.05, 0) is 45.3 Å². The quantitative estimate of drug-likeness (QED) is 0.880. The minimum atomic E-state index is -0.0647. The number of aromatic nitrogens is 2. The van der Waals surface area contributed by atoms with Crippen LogP contribution in [0.2, 0.25) is 0 Å². The molecule has 0 aromatic carbocycles. The molecule has 3 heterocycles. The van der Waals surface area contributed by atoms with Gasteiger partial charge in [-0.15, -0.1) is 0 Å². The lowest BCUT2D eigenvalue weighted by atomic mass is 10.0. The van der Waals surface area contributed by atoms with Crippen LogP contribution in [0.5, 0.6) is 0 Å². The number of hydrogen-bond acceptors (Lipinski definition) is 5. The maximum Gasteiger partial charge on any atom is 0.270 e. The first-order valence-electron chi connectivity index (χ1n) is 8.66. The molecule has 0 bridgehead atoms. The Labute approximate surface area is 138 Å². The van der Waals surface area contributed by atoms with Gasteiger partial charge < -0.3 is 15.5 Å². The first kappa shape index (κ1) is 16.2. The maximum atomic E-state index is 12.2. The number of rotatable bonds is 4. The molecule has 6 heteroatoms. The molecule has 1 amide bonds. The Morgan fingerprint density at radius 3 is 2.74 bits per heavy atom. The lowest BCUT2D eigenvalue weighted by Crippen LogP contribution is -2.38. The van der Waals surface area contributed by atoms with Crippen LogP contribution in [0.15, 0.2) is 0 Å². The smallest absolute Gasteiger partial charge is 0.270 e. The van der Waals surface area contributed by atoms with Crippen LogP contribution in [0.4, 0.5) is 5.82 Å². The average molecular weight is 317 g/mol. The van der Waals surface area contributed by atoms with Crippen molar-refractivity contribution in [3.05, 3.63) is 17.1 Å². The lowest BCUT2D eigenvalue weighted by Gasteiger charge is -2.31. The Balaban J connectivity index is 1.87. The molecule has 1 fully saturated rings. The maximum absolute atomic E-state index is 12.2. The molecule has 0 saturated carbocycles. The number of anilines is 1. The van der Waals surface area contributed by atoms with E-state index in [4.69, 9.17) is 4.98 Å². The molecule has 0 spiro atoms. The summed E-state index contributed by atoms with van der Waals surface area (Å²) >= 11 is 0. The van der Waals surface area contributed by atoms with Crippen LogP contribution in [0, 0.1) is 5.92 Å². The van der Waals surface area contributed by atoms with Crippen molar-refractivity contribution in [1.29, 1.82) is 0 Å². The van der Waals surface area contributed by atoms with Gasteiger partial charge in [-0.2, -0.15) is 0 Å². The first-order valence-corrected chi connectivity index (χ1v) is 8.66. The van der Waals surface area contributed by atoms with E-state index in [0.29, 0.717) is 24.2 Å². The Kier molecular flexibility index (Phi) is 4.80. The Bertz CT molecular complexity index is 579. The largest absolute Gasteiger partial charge is 0.367 e. The first-order chi connectivity index (χ1) is 11.0. The number of nitrogens with one attached hydrogen (secondary N) is 2. The van der Waals surface area contributed by atoms with Gasteiger partial charge in [0.1, 0.15) is 17.3 Å². The molecule has 0 atom stereocenters. The molecule has 126 valence electrons. The van der Waals surface area contributed by atoms with Crippen molar-refractivity contribution in [1.82, 2.24) is 20.2 Å². The van der Waals surface area contributed by atoms with Gasteiger partial charge in [0.25, 0.3) is 5.91 Å². The van der Waals surface area contributed by atoms with Gasteiger partial charge in [-0.25, -0.2) is 9.97 Å². The van der Waals surface area contributed by atoms with E-state index < -0.39 is 0 Å². The highest BCUT2D eigenvalue weighted by Gasteiger charge is 2.26. The van der Waals surface area contributed by atoms with E-state index in [9.17, 15) is 4.79 Å². The van der Waals surface area contributed by atoms with Crippen molar-refractivity contribution in [2.45, 2.75) is 45.6 Å². The molecule has 0 unspecified atom stereocenters. The lowest BCUT2D eigenvalue weighted by molar-refractivity contribution is 0.0940. The van der Waals surface area contributed by atoms with Crippen molar-refractivity contribution < 1.29 is 4.79 Å². The number of hydrogen-bond donors (Lipinski definition) is 2. The number of amides is 1. The highest BCUT2D eigenvalue weighted by atomic mass is 16.1. The highest BCUT2D eigenvalue weighted by molar-refractivity contribution is 5.96. The van der Waals surface area contributed by atoms with Gasteiger partial charge in [-0.3, -0.25) is 4.79 Å². The summed E-state index contributed by atoms with van der Waals surface area (Å²) in [5.41, 5.74) is 1.55. The average Bonchev–Trinajstić information content (AvgIpc) is 2.50. The molecule has 3 rings (SSSR count). The van der Waals surface area contributed by atoms with E-state index in [1.54, 1.807) is 0 Å². The summed E-state index contributed by atoms with van der Waals surface area (Å²) in [5.74, 6) is 2.06. The van der Waals surface area contributed by atoms with Crippen molar-refractivity contribution in [2.75, 3.05) is 32.0 Å². The molecule has 2 aliphatic heterocycles. The minimum absolute atomic E-state index is 0.0647. The predicted octanol–water partition coefficient (Wildman–Crippen LogP) is 1.47. The third kappa shape index (κ3) is 3.80. The molecule has 1 aromatic rings. The van der Waals surface area contributed by atoms with E-state index in [0.717, 1.165) is 56.0 Å². The zero-order valence-corrected chi connectivity index (χ0v) is 14.4. The Hall–Kier alpha value is -1.69. The van der Waals surface area contributed by atoms with Crippen LogP contribution in [-0.4, -0.2) is 53.5 Å². The zero-order valence-electron chi connectivity index (χ0n) is 14.4. The van der Waals surface area contributed by atoms with Gasteiger partial charge in [0.2, 0.25) is 0 Å². The van der Waals surface area contributed by atoms with Gasteiger partial charge in [0.15, 0.2) is 0 Å². The third-order valence-corrected chi connectivity index (χ3v) is 4.58. The summed E-state index contributed by atoms with van der Waals surface area (Å²) in [5, 5.41) is 6.50. The summed E-state index contributed by atoms with van der Waals surface area (Å²) in [7, 11) is 2.16. The second-order valence-electron chi connectivity index (χ2n) is 7.14. The monoisotopic (exact) mass is 317 g/mol. The van der Waals surface area contributed by atoms with Gasteiger partial charge >= 0.3 is 0 Å². The Morgan fingerprint density at radius 1 is 1.30 bits per heavy atom. The SMILES string of the molecule is CC(C)Cc1nc(NC2CCN(C)CC2)c2c(n1)C(=O)NCC2. The molecular formula is C17H27N5O. The second kappa shape index (κ2) is 6.83. The number of nitrogens with zero attached hydrogens (tertiary/aromatic N) is 3. The summed E-state index contributed by atoms with van der Waals surface area (Å²) in [6.45, 7) is 7.16. The number of carbonyl (C=O) groups excluding carboxylic acids is 1. The number of fused-ring (bicyclic) bond motifs is 1. The summed E-state index contributed by atoms with van der Waals surface area (Å²) in [6, 6.07) is 0.432. The number of carbonyl (C=O) groups is 1. The van der Waals surface area contributed by atoms with Crippen LogP contribution in [0.1, 0.15) is 48.6 Å². The van der Waals surface area contributed by atoms with Crippen LogP contribution in [0.3, 0.4) is 0 Å². The predicted molar refractivity (Wildman–Crippen MR) is 90.8 cm³/mol. The van der Waals surface area contributed by atoms with E-state index in [1.165, 1.54) is 0 Å². The summed E-state index contributed by atoms with van der Waals surface area (Å²) in [4.78, 5) is 23.8. The molecule has 6 nitrogen and oxygen atoms in total. The van der Waals surface area contributed by atoms with Crippen LogP contribution in [-0.2, 0) is 12.8 Å². The van der Waals surface area contributed by atoms with Gasteiger partial charge in [-0.1, -0.05) is 13.8 Å². The van der Waals surface area contributed by atoms with Gasteiger partial charge in [0.05, 0.1) is 0 Å². The fourth-order valence-corrected chi connectivity index (χ4v) is 3.26. The molecule has 0 radical (unpaired) electrons. The van der Waals surface area contributed by atoms with Crippen molar-refractivity contribution in [3.8, 4) is 0 Å². The van der Waals surface area contributed by atoms with Gasteiger partial charge in [0, 0.05) is 24.6 Å². The Morgan fingerprint density at radius 2 is 2.04 bits per heavy atom. The van der Waals surface area contributed by atoms with E-state index in [-0.39, 0.29) is 5.91 Å². The molecule has 23 heavy (non-hydrogen) atoms. The molecule has 2 aliphatic rings. The molecule has 1 aromatic heterocycles. The molecule has 2 N–H and O–H groups in total. The van der Waals surface area contributed by atoms with Crippen molar-refractivity contribution in [3.63, 3.8) is 0 Å². The molecular weight excluding hydrogens is 290 g/mol. The normalized spacial score (nSPS) is 19.6. The van der Waals surface area contributed by atoms with E-state index in [2.05, 4.69) is 41.4 Å². The van der Waals surface area contributed by atoms with Crippen LogP contribution >= 0.6 is 0 Å². The van der Waals surface area contributed by atoms with Crippen molar-refractivity contribution in [2.24, 2.45) is 5.92 Å². The minimum Gasteiger partial charge on any atom is -0.367 e. The van der Waals surface area contributed by atoms with Crippen LogP contribution < -0.4 is 10.6 Å². The van der Waals surface area contributed by atoms with E-state index >= 15 is 0 Å². The summed E-state index contributed by atoms with van der Waals surface area (Å²) < 4.78 is 0. The fourth-order valence-electron chi connectivity index (χ4n) is 3.26. The molecule has 0 aliphatic carbocycles.